The number of hydrogen-bond acceptors (Lipinski definition) is 5. The second-order valence-electron chi connectivity index (χ2n) is 5.60. The van der Waals surface area contributed by atoms with Crippen molar-refractivity contribution < 1.29 is 27.5 Å². The molecule has 0 saturated heterocycles. The van der Waals surface area contributed by atoms with Gasteiger partial charge in [-0.3, -0.25) is 4.98 Å². The third-order valence-corrected chi connectivity index (χ3v) is 3.86. The summed E-state index contributed by atoms with van der Waals surface area (Å²) in [7, 11) is 1.31. The fourth-order valence-electron chi connectivity index (χ4n) is 2.56. The topological polar surface area (TPSA) is 79.0 Å². The fraction of sp³-hybridized carbons (Fsp3) is 0.158. The number of nitrogens with two attached hydrogens (primary N) is 1. The van der Waals surface area contributed by atoms with Gasteiger partial charge in [0.25, 0.3) is 0 Å². The molecule has 2 aromatic carbocycles. The van der Waals surface area contributed by atoms with E-state index in [1.807, 2.05) is 0 Å². The minimum Gasteiger partial charge on any atom is -0.493 e. The van der Waals surface area contributed by atoms with Gasteiger partial charge in [0.15, 0.2) is 17.3 Å². The first-order chi connectivity index (χ1) is 13.5. The van der Waals surface area contributed by atoms with E-state index in [1.54, 1.807) is 24.4 Å². The lowest BCUT2D eigenvalue weighted by Crippen LogP contribution is -2.14. The van der Waals surface area contributed by atoms with E-state index in [9.17, 15) is 13.2 Å². The maximum absolute atomic E-state index is 13.8. The smallest absolute Gasteiger partial charge is 0.387 e. The van der Waals surface area contributed by atoms with E-state index in [-0.39, 0.29) is 29.8 Å². The molecule has 0 atom stereocenters. The number of halogens is 3. The normalized spacial score (nSPS) is 11.7. The van der Waals surface area contributed by atoms with E-state index >= 15 is 0 Å². The number of aromatic nitrogens is 1. The van der Waals surface area contributed by atoms with Crippen LogP contribution in [0, 0.1) is 5.82 Å². The van der Waals surface area contributed by atoms with E-state index < -0.39 is 6.61 Å². The maximum atomic E-state index is 13.8. The highest BCUT2D eigenvalue weighted by molar-refractivity contribution is 5.97. The van der Waals surface area contributed by atoms with Crippen molar-refractivity contribution in [3.8, 4) is 11.5 Å². The quantitative estimate of drug-likeness (QED) is 0.376. The number of pyridine rings is 1. The average Bonchev–Trinajstić information content (AvgIpc) is 2.69. The Morgan fingerprint density at radius 1 is 1.18 bits per heavy atom. The van der Waals surface area contributed by atoms with Gasteiger partial charge in [-0.15, -0.1) is 0 Å². The summed E-state index contributed by atoms with van der Waals surface area (Å²) in [6.07, 6.45) is 1.55. The van der Waals surface area contributed by atoms with Crippen LogP contribution >= 0.6 is 0 Å². The van der Waals surface area contributed by atoms with Crippen LogP contribution in [-0.2, 0) is 11.4 Å². The van der Waals surface area contributed by atoms with Crippen molar-refractivity contribution in [3.63, 3.8) is 0 Å². The summed E-state index contributed by atoms with van der Waals surface area (Å²) in [6, 6.07) is 10.3. The summed E-state index contributed by atoms with van der Waals surface area (Å²) < 4.78 is 48.0. The van der Waals surface area contributed by atoms with Crippen LogP contribution < -0.4 is 15.2 Å². The SMILES string of the molecule is COc1cc(C(N)=NOCc2ccc(F)c3cccnc23)ccc1OC(F)F. The van der Waals surface area contributed by atoms with Gasteiger partial charge in [0.1, 0.15) is 12.4 Å². The average molecular weight is 391 g/mol. The van der Waals surface area contributed by atoms with Crippen molar-refractivity contribution in [3.05, 3.63) is 65.6 Å². The van der Waals surface area contributed by atoms with Gasteiger partial charge < -0.3 is 20.0 Å². The van der Waals surface area contributed by atoms with E-state index in [1.165, 1.54) is 31.4 Å². The van der Waals surface area contributed by atoms with Gasteiger partial charge >= 0.3 is 6.61 Å². The molecule has 0 aliphatic rings. The van der Waals surface area contributed by atoms with Crippen LogP contribution in [0.3, 0.4) is 0 Å². The van der Waals surface area contributed by atoms with Crippen molar-refractivity contribution in [2.24, 2.45) is 10.9 Å². The molecule has 1 aromatic heterocycles. The van der Waals surface area contributed by atoms with Gasteiger partial charge in [-0.25, -0.2) is 4.39 Å². The molecule has 0 amide bonds. The van der Waals surface area contributed by atoms with Crippen LogP contribution in [-0.4, -0.2) is 24.5 Å². The number of ether oxygens (including phenoxy) is 2. The van der Waals surface area contributed by atoms with Gasteiger partial charge in [-0.05, 0) is 36.4 Å². The monoisotopic (exact) mass is 391 g/mol. The van der Waals surface area contributed by atoms with Crippen LogP contribution in [0.25, 0.3) is 10.9 Å². The number of fused-ring (bicyclic) bond motifs is 1. The van der Waals surface area contributed by atoms with Crippen molar-refractivity contribution in [2.45, 2.75) is 13.2 Å². The molecule has 9 heteroatoms. The Bertz CT molecular complexity index is 1010. The number of nitrogens with zero attached hydrogens (tertiary/aromatic N) is 2. The summed E-state index contributed by atoms with van der Waals surface area (Å²) in [5, 5.41) is 4.19. The molecule has 0 aliphatic carbocycles. The molecule has 0 unspecified atom stereocenters. The Morgan fingerprint density at radius 2 is 2.00 bits per heavy atom. The lowest BCUT2D eigenvalue weighted by molar-refractivity contribution is -0.0512. The highest BCUT2D eigenvalue weighted by atomic mass is 19.3. The molecule has 0 spiro atoms. The van der Waals surface area contributed by atoms with E-state index in [0.717, 1.165) is 0 Å². The Balaban J connectivity index is 1.76. The van der Waals surface area contributed by atoms with Crippen molar-refractivity contribution in [1.29, 1.82) is 0 Å². The molecule has 146 valence electrons. The van der Waals surface area contributed by atoms with Crippen LogP contribution in [0.4, 0.5) is 13.2 Å². The summed E-state index contributed by atoms with van der Waals surface area (Å²) >= 11 is 0. The molecule has 28 heavy (non-hydrogen) atoms. The fourth-order valence-corrected chi connectivity index (χ4v) is 2.56. The zero-order valence-electron chi connectivity index (χ0n) is 14.7. The van der Waals surface area contributed by atoms with Crippen LogP contribution in [0.15, 0.2) is 53.8 Å². The summed E-state index contributed by atoms with van der Waals surface area (Å²) in [5.41, 5.74) is 7.36. The molecule has 6 nitrogen and oxygen atoms in total. The Labute approximate surface area is 158 Å². The summed E-state index contributed by atoms with van der Waals surface area (Å²) in [5.74, 6) is -0.433. The van der Waals surface area contributed by atoms with E-state index in [4.69, 9.17) is 15.3 Å². The second kappa shape index (κ2) is 8.47. The molecular weight excluding hydrogens is 375 g/mol. The lowest BCUT2D eigenvalue weighted by Gasteiger charge is -2.11. The predicted octanol–water partition coefficient (Wildman–Crippen LogP) is 3.82. The molecule has 1 heterocycles. The molecule has 0 fully saturated rings. The van der Waals surface area contributed by atoms with Crippen molar-refractivity contribution in [2.75, 3.05) is 7.11 Å². The van der Waals surface area contributed by atoms with Gasteiger partial charge in [-0.1, -0.05) is 11.2 Å². The summed E-state index contributed by atoms with van der Waals surface area (Å²) in [6.45, 7) is -2.97. The molecule has 3 aromatic rings. The Kier molecular flexibility index (Phi) is 5.83. The van der Waals surface area contributed by atoms with Crippen LogP contribution in [0.2, 0.25) is 0 Å². The number of amidine groups is 1. The van der Waals surface area contributed by atoms with Crippen LogP contribution in [0.5, 0.6) is 11.5 Å². The largest absolute Gasteiger partial charge is 0.493 e. The van der Waals surface area contributed by atoms with Crippen molar-refractivity contribution in [1.82, 2.24) is 4.98 Å². The minimum absolute atomic E-state index is 0.00118. The summed E-state index contributed by atoms with van der Waals surface area (Å²) in [4.78, 5) is 9.42. The number of alkyl halides is 2. The third kappa shape index (κ3) is 4.25. The number of hydrogen-bond donors (Lipinski definition) is 1. The second-order valence-corrected chi connectivity index (χ2v) is 5.60. The Morgan fingerprint density at radius 3 is 2.75 bits per heavy atom. The standard InChI is InChI=1S/C19H16F3N3O3/c1-26-16-9-11(5-7-15(16)28-19(21)22)18(23)25-27-10-12-4-6-14(20)13-3-2-8-24-17(12)13/h2-9,19H,10H2,1H3,(H2,23,25). The lowest BCUT2D eigenvalue weighted by atomic mass is 10.1. The maximum Gasteiger partial charge on any atom is 0.387 e. The number of oxime groups is 1. The molecule has 0 bridgehead atoms. The molecule has 0 radical (unpaired) electrons. The minimum atomic E-state index is -2.98. The zero-order valence-corrected chi connectivity index (χ0v) is 14.7. The van der Waals surface area contributed by atoms with Gasteiger partial charge in [0, 0.05) is 22.7 Å². The first-order valence-corrected chi connectivity index (χ1v) is 8.10. The highest BCUT2D eigenvalue weighted by Gasteiger charge is 2.13. The van der Waals surface area contributed by atoms with Gasteiger partial charge in [0.2, 0.25) is 0 Å². The van der Waals surface area contributed by atoms with Crippen LogP contribution in [0.1, 0.15) is 11.1 Å². The van der Waals surface area contributed by atoms with Crippen molar-refractivity contribution >= 4 is 16.7 Å². The number of benzene rings is 2. The first kappa shape index (κ1) is 19.3. The van der Waals surface area contributed by atoms with Gasteiger partial charge in [-0.2, -0.15) is 8.78 Å². The Hall–Kier alpha value is -3.49. The highest BCUT2D eigenvalue weighted by Crippen LogP contribution is 2.29. The number of rotatable bonds is 7. The molecule has 2 N–H and O–H groups in total. The van der Waals surface area contributed by atoms with E-state index in [0.29, 0.717) is 22.0 Å². The molecule has 0 saturated carbocycles. The first-order valence-electron chi connectivity index (χ1n) is 8.10. The molecule has 3 rings (SSSR count). The molecule has 0 aliphatic heterocycles. The number of methoxy groups -OCH3 is 1. The predicted molar refractivity (Wildman–Crippen MR) is 96.8 cm³/mol. The molecular formula is C19H16F3N3O3. The van der Waals surface area contributed by atoms with Gasteiger partial charge in [0.05, 0.1) is 12.6 Å². The zero-order chi connectivity index (χ0) is 20.1. The van der Waals surface area contributed by atoms with E-state index in [2.05, 4.69) is 14.9 Å². The third-order valence-electron chi connectivity index (χ3n) is 3.86.